The maximum absolute atomic E-state index is 13.9. The Labute approximate surface area is 192 Å². The molecule has 1 saturated heterocycles. The second-order valence-electron chi connectivity index (χ2n) is 8.44. The highest BCUT2D eigenvalue weighted by Gasteiger charge is 2.56. The number of carbonyl (C=O) groups is 1. The van der Waals surface area contributed by atoms with E-state index in [4.69, 9.17) is 4.74 Å². The van der Waals surface area contributed by atoms with Gasteiger partial charge in [0.1, 0.15) is 5.60 Å². The molecule has 174 valence electrons. The molecule has 2 aromatic rings. The number of halogens is 4. The highest BCUT2D eigenvalue weighted by Crippen LogP contribution is 2.44. The molecule has 1 amide bonds. The Morgan fingerprint density at radius 1 is 1.00 bits per heavy atom. The highest BCUT2D eigenvalue weighted by atomic mass is 79.9. The van der Waals surface area contributed by atoms with Crippen molar-refractivity contribution in [2.45, 2.75) is 38.1 Å². The average Bonchev–Trinajstić information content (AvgIpc) is 2.72. The first-order valence-corrected chi connectivity index (χ1v) is 10.7. The van der Waals surface area contributed by atoms with Gasteiger partial charge >= 0.3 is 12.3 Å². The molecule has 1 aromatic carbocycles. The Kier molecular flexibility index (Phi) is 6.71. The molecule has 1 N–H and O–H groups in total. The van der Waals surface area contributed by atoms with Crippen molar-refractivity contribution >= 4 is 28.0 Å². The zero-order valence-electron chi connectivity index (χ0n) is 17.9. The fourth-order valence-corrected chi connectivity index (χ4v) is 3.54. The minimum atomic E-state index is -4.98. The number of hydrogen-bond acceptors (Lipinski definition) is 6. The fraction of sp³-hybridized carbons (Fsp3) is 0.476. The van der Waals surface area contributed by atoms with Crippen molar-refractivity contribution in [1.29, 1.82) is 0 Å². The fourth-order valence-electron chi connectivity index (χ4n) is 3.27. The van der Waals surface area contributed by atoms with E-state index in [2.05, 4.69) is 25.9 Å². The van der Waals surface area contributed by atoms with E-state index in [-0.39, 0.29) is 11.5 Å². The van der Waals surface area contributed by atoms with Gasteiger partial charge in [-0.3, -0.25) is 0 Å². The van der Waals surface area contributed by atoms with Crippen molar-refractivity contribution < 1.29 is 27.8 Å². The molecule has 0 spiro atoms. The number of aliphatic hydroxyl groups is 1. The number of carbonyl (C=O) groups excluding carboxylic acids is 1. The van der Waals surface area contributed by atoms with E-state index in [1.54, 1.807) is 30.6 Å². The zero-order chi connectivity index (χ0) is 23.7. The van der Waals surface area contributed by atoms with Gasteiger partial charge in [-0.15, -0.1) is 0 Å². The van der Waals surface area contributed by atoms with Gasteiger partial charge < -0.3 is 19.6 Å². The molecule has 2 heterocycles. The third-order valence-corrected chi connectivity index (χ3v) is 5.47. The second-order valence-corrected chi connectivity index (χ2v) is 9.36. The van der Waals surface area contributed by atoms with E-state index in [9.17, 15) is 23.1 Å². The molecule has 0 radical (unpaired) electrons. The molecule has 0 saturated carbocycles. The van der Waals surface area contributed by atoms with E-state index < -0.39 is 29.0 Å². The first-order valence-electron chi connectivity index (χ1n) is 9.92. The minimum absolute atomic E-state index is 0.220. The number of anilines is 1. The molecule has 0 aliphatic carbocycles. The summed E-state index contributed by atoms with van der Waals surface area (Å²) in [6.45, 7) is 6.88. The lowest BCUT2D eigenvalue weighted by Crippen LogP contribution is -2.50. The van der Waals surface area contributed by atoms with Crippen molar-refractivity contribution in [3.63, 3.8) is 0 Å². The first kappa shape index (κ1) is 24.2. The molecule has 32 heavy (non-hydrogen) atoms. The van der Waals surface area contributed by atoms with Crippen molar-refractivity contribution in [3.8, 4) is 0 Å². The summed E-state index contributed by atoms with van der Waals surface area (Å²) in [5, 5.41) is 10.7. The summed E-state index contributed by atoms with van der Waals surface area (Å²) in [7, 11) is 0. The van der Waals surface area contributed by atoms with E-state index >= 15 is 0 Å². The van der Waals surface area contributed by atoms with Gasteiger partial charge in [-0.1, -0.05) is 28.1 Å². The number of rotatable bonds is 3. The Balaban J connectivity index is 1.76. The van der Waals surface area contributed by atoms with Gasteiger partial charge in [0.25, 0.3) is 0 Å². The summed E-state index contributed by atoms with van der Waals surface area (Å²) in [5.41, 5.74) is -4.67. The summed E-state index contributed by atoms with van der Waals surface area (Å²) in [6, 6.07) is 5.24. The lowest BCUT2D eigenvalue weighted by atomic mass is 9.87. The van der Waals surface area contributed by atoms with Crippen molar-refractivity contribution in [2.24, 2.45) is 0 Å². The van der Waals surface area contributed by atoms with E-state index in [1.807, 2.05) is 0 Å². The quantitative estimate of drug-likeness (QED) is 0.661. The van der Waals surface area contributed by atoms with E-state index in [0.717, 1.165) is 12.4 Å². The first-order chi connectivity index (χ1) is 14.8. The summed E-state index contributed by atoms with van der Waals surface area (Å²) in [5.74, 6) is 0.220. The molecule has 1 fully saturated rings. The Hall–Kier alpha value is -2.40. The Bertz CT molecular complexity index is 941. The molecular formula is C21H24BrF3N4O3. The van der Waals surface area contributed by atoms with Crippen molar-refractivity contribution in [3.05, 3.63) is 52.3 Å². The highest BCUT2D eigenvalue weighted by molar-refractivity contribution is 9.10. The van der Waals surface area contributed by atoms with Gasteiger partial charge in [0.15, 0.2) is 0 Å². The number of nitrogens with zero attached hydrogens (tertiary/aromatic N) is 4. The van der Waals surface area contributed by atoms with Crippen molar-refractivity contribution in [1.82, 2.24) is 14.9 Å². The predicted molar refractivity (Wildman–Crippen MR) is 115 cm³/mol. The smallest absolute Gasteiger partial charge is 0.425 e. The molecule has 7 nitrogen and oxygen atoms in total. The van der Waals surface area contributed by atoms with Gasteiger partial charge in [0.2, 0.25) is 11.5 Å². The summed E-state index contributed by atoms with van der Waals surface area (Å²) in [6.07, 6.45) is -3.43. The second kappa shape index (κ2) is 8.86. The Morgan fingerprint density at radius 2 is 1.53 bits per heavy atom. The maximum Gasteiger partial charge on any atom is 0.425 e. The minimum Gasteiger partial charge on any atom is -0.444 e. The normalized spacial score (nSPS) is 17.1. The standard InChI is InChI=1S/C21H24BrF3N4O3/c1-19(2,3)32-18(30)29-10-8-28(9-11-29)17-26-12-15(13-27-17)20(31,21(23,24)25)14-4-6-16(22)7-5-14/h4-7,12-13,31H,8-11H2,1-3H3. The number of aromatic nitrogens is 2. The molecule has 1 aliphatic heterocycles. The van der Waals surface area contributed by atoms with Crippen LogP contribution in [-0.2, 0) is 10.3 Å². The van der Waals surface area contributed by atoms with Crippen LogP contribution in [0.25, 0.3) is 0 Å². The van der Waals surface area contributed by atoms with Crippen LogP contribution in [-0.4, -0.2) is 64.0 Å². The van der Waals surface area contributed by atoms with E-state index in [0.29, 0.717) is 30.7 Å². The molecular weight excluding hydrogens is 493 g/mol. The maximum atomic E-state index is 13.9. The molecule has 0 bridgehead atoms. The van der Waals surface area contributed by atoms with Crippen LogP contribution in [0.15, 0.2) is 41.1 Å². The largest absolute Gasteiger partial charge is 0.444 e. The summed E-state index contributed by atoms with van der Waals surface area (Å²) in [4.78, 5) is 23.6. The van der Waals surface area contributed by atoms with Crippen LogP contribution >= 0.6 is 15.9 Å². The topological polar surface area (TPSA) is 78.8 Å². The number of piperazine rings is 1. The molecule has 1 atom stereocenters. The number of hydrogen-bond donors (Lipinski definition) is 1. The van der Waals surface area contributed by atoms with Gasteiger partial charge in [0, 0.05) is 48.6 Å². The monoisotopic (exact) mass is 516 g/mol. The van der Waals surface area contributed by atoms with Crippen LogP contribution in [0.5, 0.6) is 0 Å². The molecule has 1 unspecified atom stereocenters. The molecule has 1 aromatic heterocycles. The molecule has 1 aliphatic rings. The van der Waals surface area contributed by atoms with Crippen LogP contribution in [0.3, 0.4) is 0 Å². The number of benzene rings is 1. The zero-order valence-corrected chi connectivity index (χ0v) is 19.4. The average molecular weight is 517 g/mol. The van der Waals surface area contributed by atoms with Crippen LogP contribution in [0.4, 0.5) is 23.9 Å². The van der Waals surface area contributed by atoms with Gasteiger partial charge in [-0.2, -0.15) is 13.2 Å². The third-order valence-electron chi connectivity index (χ3n) is 4.94. The van der Waals surface area contributed by atoms with Crippen LogP contribution < -0.4 is 4.90 Å². The van der Waals surface area contributed by atoms with Crippen LogP contribution in [0.2, 0.25) is 0 Å². The Morgan fingerprint density at radius 3 is 2.00 bits per heavy atom. The SMILES string of the molecule is CC(C)(C)OC(=O)N1CCN(c2ncc(C(O)(c3ccc(Br)cc3)C(F)(F)F)cn2)CC1. The van der Waals surface area contributed by atoms with Crippen LogP contribution in [0, 0.1) is 0 Å². The summed E-state index contributed by atoms with van der Waals surface area (Å²) < 4.78 is 47.6. The van der Waals surface area contributed by atoms with Crippen molar-refractivity contribution in [2.75, 3.05) is 31.1 Å². The number of ether oxygens (including phenoxy) is 1. The lowest BCUT2D eigenvalue weighted by molar-refractivity contribution is -0.248. The molecule has 3 rings (SSSR count). The molecule has 11 heteroatoms. The van der Waals surface area contributed by atoms with Crippen LogP contribution in [0.1, 0.15) is 31.9 Å². The third kappa shape index (κ3) is 5.15. The van der Waals surface area contributed by atoms with Gasteiger partial charge in [-0.05, 0) is 38.5 Å². The van der Waals surface area contributed by atoms with Gasteiger partial charge in [-0.25, -0.2) is 14.8 Å². The number of amides is 1. The van der Waals surface area contributed by atoms with E-state index in [1.165, 1.54) is 24.3 Å². The lowest BCUT2D eigenvalue weighted by Gasteiger charge is -2.36. The predicted octanol–water partition coefficient (Wildman–Crippen LogP) is 4.09. The number of alkyl halides is 3. The van der Waals surface area contributed by atoms with Gasteiger partial charge in [0.05, 0.1) is 0 Å². The summed E-state index contributed by atoms with van der Waals surface area (Å²) >= 11 is 3.17.